The summed E-state index contributed by atoms with van der Waals surface area (Å²) < 4.78 is 5.97. The third-order valence-corrected chi connectivity index (χ3v) is 5.64. The first-order chi connectivity index (χ1) is 16.0. The zero-order valence-electron chi connectivity index (χ0n) is 18.1. The highest BCUT2D eigenvalue weighted by molar-refractivity contribution is 6.30. The first kappa shape index (κ1) is 22.5. The second-order valence-electron chi connectivity index (χ2n) is 7.59. The zero-order valence-corrected chi connectivity index (χ0v) is 18.9. The summed E-state index contributed by atoms with van der Waals surface area (Å²) in [6.45, 7) is 2.36. The number of nitrogens with zero attached hydrogens (tertiary/aromatic N) is 3. The second kappa shape index (κ2) is 9.85. The molecule has 0 aliphatic carbocycles. The summed E-state index contributed by atoms with van der Waals surface area (Å²) in [5.41, 5.74) is 8.26. The fraction of sp³-hybridized carbons (Fsp3) is 0.160. The Bertz CT molecular complexity index is 1280. The third-order valence-electron chi connectivity index (χ3n) is 5.41. The predicted molar refractivity (Wildman–Crippen MR) is 130 cm³/mol. The van der Waals surface area contributed by atoms with Gasteiger partial charge < -0.3 is 10.5 Å². The first-order valence-electron chi connectivity index (χ1n) is 10.5. The zero-order chi connectivity index (χ0) is 23.4. The minimum absolute atomic E-state index is 0.201. The summed E-state index contributed by atoms with van der Waals surface area (Å²) in [6.07, 6.45) is 2.08. The molecule has 0 bridgehead atoms. The van der Waals surface area contributed by atoms with Crippen molar-refractivity contribution >= 4 is 34.2 Å². The number of hydrogen-bond donors (Lipinski definition) is 2. The van der Waals surface area contributed by atoms with E-state index >= 15 is 0 Å². The number of fused-ring (bicyclic) bond motifs is 1. The lowest BCUT2D eigenvalue weighted by Crippen LogP contribution is -2.36. The maximum Gasteiger partial charge on any atom is 0.251 e. The van der Waals surface area contributed by atoms with Crippen molar-refractivity contribution < 1.29 is 9.53 Å². The minimum Gasteiger partial charge on any atom is -0.489 e. The number of hydrazine groups is 1. The minimum atomic E-state index is -0.611. The van der Waals surface area contributed by atoms with Crippen molar-refractivity contribution in [3.63, 3.8) is 0 Å². The van der Waals surface area contributed by atoms with E-state index in [9.17, 15) is 4.79 Å². The van der Waals surface area contributed by atoms with Crippen molar-refractivity contribution in [2.45, 2.75) is 26.0 Å². The highest BCUT2D eigenvalue weighted by Gasteiger charge is 2.22. The maximum atomic E-state index is 12.2. The highest BCUT2D eigenvalue weighted by atomic mass is 35.5. The molecule has 1 amide bonds. The molecule has 168 valence electrons. The van der Waals surface area contributed by atoms with Gasteiger partial charge in [-0.15, -0.1) is 0 Å². The SMILES string of the molecule is CCC(c1cccc(Cl)c1)N(N)c1ncnc2c(C(N)=O)cc(OCc3ccccc3)cc12. The molecule has 0 saturated carbocycles. The second-order valence-corrected chi connectivity index (χ2v) is 8.03. The summed E-state index contributed by atoms with van der Waals surface area (Å²) in [5.74, 6) is 6.90. The molecule has 0 aliphatic heterocycles. The molecule has 0 fully saturated rings. The van der Waals surface area contributed by atoms with Crippen LogP contribution in [0.5, 0.6) is 5.75 Å². The van der Waals surface area contributed by atoms with E-state index in [0.29, 0.717) is 40.5 Å². The summed E-state index contributed by atoms with van der Waals surface area (Å²) >= 11 is 6.20. The van der Waals surface area contributed by atoms with Gasteiger partial charge in [0.2, 0.25) is 0 Å². The van der Waals surface area contributed by atoms with Gasteiger partial charge in [0.05, 0.1) is 17.1 Å². The Labute approximate surface area is 196 Å². The number of carbonyl (C=O) groups excluding carboxylic acids is 1. The molecule has 1 atom stereocenters. The van der Waals surface area contributed by atoms with Crippen molar-refractivity contribution in [3.05, 3.63) is 94.8 Å². The lowest BCUT2D eigenvalue weighted by molar-refractivity contribution is 0.100. The van der Waals surface area contributed by atoms with Crippen molar-refractivity contribution in [3.8, 4) is 5.75 Å². The van der Waals surface area contributed by atoms with E-state index < -0.39 is 5.91 Å². The van der Waals surface area contributed by atoms with Crippen LogP contribution in [0.3, 0.4) is 0 Å². The molecule has 7 nitrogen and oxygen atoms in total. The van der Waals surface area contributed by atoms with Crippen molar-refractivity contribution in [2.75, 3.05) is 5.01 Å². The van der Waals surface area contributed by atoms with Gasteiger partial charge in [-0.05, 0) is 41.8 Å². The summed E-state index contributed by atoms with van der Waals surface area (Å²) in [5, 5.41) is 2.76. The molecule has 3 aromatic carbocycles. The molecule has 1 aromatic heterocycles. The Morgan fingerprint density at radius 2 is 1.88 bits per heavy atom. The predicted octanol–water partition coefficient (Wildman–Crippen LogP) is 4.79. The van der Waals surface area contributed by atoms with E-state index in [2.05, 4.69) is 9.97 Å². The Hall–Kier alpha value is -3.68. The summed E-state index contributed by atoms with van der Waals surface area (Å²) in [7, 11) is 0. The number of rotatable bonds is 8. The molecule has 33 heavy (non-hydrogen) atoms. The number of amides is 1. The molecule has 0 aliphatic rings. The number of hydrogen-bond acceptors (Lipinski definition) is 6. The molecule has 4 rings (SSSR count). The van der Waals surface area contributed by atoms with Gasteiger partial charge in [-0.1, -0.05) is 61.0 Å². The topological polar surface area (TPSA) is 107 Å². The Kier molecular flexibility index (Phi) is 6.72. The quantitative estimate of drug-likeness (QED) is 0.288. The molecule has 4 N–H and O–H groups in total. The Balaban J connectivity index is 1.77. The van der Waals surface area contributed by atoms with Crippen LogP contribution in [0.25, 0.3) is 10.9 Å². The number of carbonyl (C=O) groups is 1. The van der Waals surface area contributed by atoms with E-state index in [1.54, 1.807) is 17.1 Å². The highest BCUT2D eigenvalue weighted by Crippen LogP contribution is 2.34. The van der Waals surface area contributed by atoms with Gasteiger partial charge >= 0.3 is 0 Å². The van der Waals surface area contributed by atoms with Gasteiger partial charge in [0.1, 0.15) is 18.7 Å². The molecule has 0 saturated heterocycles. The van der Waals surface area contributed by atoms with Crippen LogP contribution in [-0.4, -0.2) is 15.9 Å². The van der Waals surface area contributed by atoms with E-state index in [-0.39, 0.29) is 11.6 Å². The van der Waals surface area contributed by atoms with Crippen LogP contribution in [-0.2, 0) is 6.61 Å². The average Bonchev–Trinajstić information content (AvgIpc) is 2.83. The number of anilines is 1. The molecule has 1 unspecified atom stereocenters. The number of aromatic nitrogens is 2. The van der Waals surface area contributed by atoms with E-state index in [1.165, 1.54) is 6.33 Å². The van der Waals surface area contributed by atoms with Gasteiger partial charge in [-0.2, -0.15) is 0 Å². The van der Waals surface area contributed by atoms with Crippen LogP contribution in [0.15, 0.2) is 73.1 Å². The standard InChI is InChI=1S/C25H24ClN5O2/c1-2-22(17-9-6-10-18(26)11-17)31(28)25-21-13-19(33-14-16-7-4-3-5-8-16)12-20(24(27)32)23(21)29-15-30-25/h3-13,15,22H,2,14,28H2,1H3,(H2,27,32). The number of ether oxygens (including phenoxy) is 1. The monoisotopic (exact) mass is 461 g/mol. The fourth-order valence-electron chi connectivity index (χ4n) is 3.80. The van der Waals surface area contributed by atoms with Gasteiger partial charge in [0, 0.05) is 10.4 Å². The van der Waals surface area contributed by atoms with Crippen molar-refractivity contribution in [1.29, 1.82) is 0 Å². The average molecular weight is 462 g/mol. The van der Waals surface area contributed by atoms with Crippen LogP contribution >= 0.6 is 11.6 Å². The van der Waals surface area contributed by atoms with Crippen LogP contribution in [0.4, 0.5) is 5.82 Å². The molecule has 1 heterocycles. The lowest BCUT2D eigenvalue weighted by atomic mass is 10.0. The molecule has 4 aromatic rings. The van der Waals surface area contributed by atoms with E-state index in [1.807, 2.05) is 61.5 Å². The molecule has 8 heteroatoms. The number of primary amides is 1. The summed E-state index contributed by atoms with van der Waals surface area (Å²) in [4.78, 5) is 21.0. The van der Waals surface area contributed by atoms with Crippen LogP contribution in [0, 0.1) is 0 Å². The van der Waals surface area contributed by atoms with E-state index in [0.717, 1.165) is 11.1 Å². The van der Waals surface area contributed by atoms with Gasteiger partial charge in [0.25, 0.3) is 5.91 Å². The van der Waals surface area contributed by atoms with Gasteiger partial charge in [-0.3, -0.25) is 9.80 Å². The van der Waals surface area contributed by atoms with Crippen LogP contribution in [0.2, 0.25) is 5.02 Å². The molecular formula is C25H24ClN5O2. The number of halogens is 1. The third kappa shape index (κ3) is 4.89. The van der Waals surface area contributed by atoms with Gasteiger partial charge in [-0.25, -0.2) is 15.8 Å². The van der Waals surface area contributed by atoms with Gasteiger partial charge in [0.15, 0.2) is 5.82 Å². The number of benzene rings is 3. The Morgan fingerprint density at radius 3 is 2.58 bits per heavy atom. The number of nitrogens with two attached hydrogens (primary N) is 2. The van der Waals surface area contributed by atoms with Crippen LogP contribution < -0.4 is 21.3 Å². The van der Waals surface area contributed by atoms with Crippen molar-refractivity contribution in [1.82, 2.24) is 9.97 Å². The molecule has 0 radical (unpaired) electrons. The Morgan fingerprint density at radius 1 is 1.09 bits per heavy atom. The first-order valence-corrected chi connectivity index (χ1v) is 10.9. The smallest absolute Gasteiger partial charge is 0.251 e. The molecular weight excluding hydrogens is 438 g/mol. The molecule has 0 spiro atoms. The van der Waals surface area contributed by atoms with Crippen molar-refractivity contribution in [2.24, 2.45) is 11.6 Å². The maximum absolute atomic E-state index is 12.2. The normalized spacial score (nSPS) is 11.8. The van der Waals surface area contributed by atoms with E-state index in [4.69, 9.17) is 27.9 Å². The lowest BCUT2D eigenvalue weighted by Gasteiger charge is -2.29. The van der Waals surface area contributed by atoms with Crippen LogP contribution in [0.1, 0.15) is 40.9 Å². The fourth-order valence-corrected chi connectivity index (χ4v) is 4.00. The summed E-state index contributed by atoms with van der Waals surface area (Å²) in [6, 6.07) is 20.5. The largest absolute Gasteiger partial charge is 0.489 e.